The highest BCUT2D eigenvalue weighted by molar-refractivity contribution is 9.11. The van der Waals surface area contributed by atoms with Gasteiger partial charge in [-0.15, -0.1) is 11.3 Å². The van der Waals surface area contributed by atoms with Crippen LogP contribution in [0, 0.1) is 6.92 Å². The number of thiophene rings is 1. The first-order valence-corrected chi connectivity index (χ1v) is 9.24. The van der Waals surface area contributed by atoms with Crippen molar-refractivity contribution in [2.24, 2.45) is 0 Å². The molecule has 1 N–H and O–H groups in total. The van der Waals surface area contributed by atoms with E-state index in [1.807, 2.05) is 11.3 Å². The average Bonchev–Trinajstić information content (AvgIpc) is 2.89. The van der Waals surface area contributed by atoms with Crippen LogP contribution in [0.2, 0.25) is 0 Å². The van der Waals surface area contributed by atoms with Crippen molar-refractivity contribution < 1.29 is 0 Å². The number of aryl methyl sites for hydroxylation is 2. The Morgan fingerprint density at radius 3 is 2.50 bits per heavy atom. The van der Waals surface area contributed by atoms with Crippen molar-refractivity contribution in [3.05, 3.63) is 54.1 Å². The van der Waals surface area contributed by atoms with Crippen molar-refractivity contribution in [3.63, 3.8) is 0 Å². The van der Waals surface area contributed by atoms with Gasteiger partial charge in [-0.1, -0.05) is 45.7 Å². The summed E-state index contributed by atoms with van der Waals surface area (Å²) in [5.74, 6) is 0. The maximum Gasteiger partial charge on any atom is 0.0682 e. The summed E-state index contributed by atoms with van der Waals surface area (Å²) < 4.78 is 2.32. The summed E-state index contributed by atoms with van der Waals surface area (Å²) in [6, 6.07) is 9.13. The van der Waals surface area contributed by atoms with E-state index in [1.54, 1.807) is 0 Å². The second-order valence-corrected chi connectivity index (χ2v) is 7.68. The van der Waals surface area contributed by atoms with E-state index in [9.17, 15) is 0 Å². The molecular weight excluding hydrogens is 398 g/mol. The normalized spacial score (nSPS) is 12.7. The van der Waals surface area contributed by atoms with E-state index >= 15 is 0 Å². The number of hydrogen-bond donors (Lipinski definition) is 1. The van der Waals surface area contributed by atoms with Gasteiger partial charge in [0.1, 0.15) is 0 Å². The zero-order valence-corrected chi connectivity index (χ0v) is 16.0. The Morgan fingerprint density at radius 2 is 1.90 bits per heavy atom. The Labute approximate surface area is 142 Å². The Kier molecular flexibility index (Phi) is 5.84. The Bertz CT molecular complexity index is 592. The van der Waals surface area contributed by atoms with E-state index in [0.29, 0.717) is 0 Å². The van der Waals surface area contributed by atoms with Crippen molar-refractivity contribution in [2.45, 2.75) is 33.2 Å². The maximum absolute atomic E-state index is 3.72. The topological polar surface area (TPSA) is 12.0 Å². The summed E-state index contributed by atoms with van der Waals surface area (Å²) >= 11 is 9.26. The quantitative estimate of drug-likeness (QED) is 0.645. The zero-order chi connectivity index (χ0) is 14.7. The van der Waals surface area contributed by atoms with Gasteiger partial charge in [0.05, 0.1) is 6.04 Å². The van der Waals surface area contributed by atoms with Crippen LogP contribution in [-0.4, -0.2) is 6.54 Å². The van der Waals surface area contributed by atoms with Gasteiger partial charge >= 0.3 is 0 Å². The first-order chi connectivity index (χ1) is 9.56. The number of rotatable bonds is 5. The highest BCUT2D eigenvalue weighted by Gasteiger charge is 2.18. The monoisotopic (exact) mass is 415 g/mol. The molecule has 1 aromatic carbocycles. The molecule has 1 aromatic heterocycles. The summed E-state index contributed by atoms with van der Waals surface area (Å²) in [4.78, 5) is 2.81. The van der Waals surface area contributed by atoms with E-state index in [2.05, 4.69) is 82.2 Å². The van der Waals surface area contributed by atoms with Crippen LogP contribution in [0.3, 0.4) is 0 Å². The molecule has 2 aromatic rings. The fourth-order valence-electron chi connectivity index (χ4n) is 2.19. The summed E-state index contributed by atoms with van der Waals surface area (Å²) in [6.45, 7) is 7.41. The Morgan fingerprint density at radius 1 is 1.15 bits per heavy atom. The van der Waals surface area contributed by atoms with Gasteiger partial charge in [-0.2, -0.15) is 0 Å². The highest BCUT2D eigenvalue weighted by atomic mass is 79.9. The minimum atomic E-state index is 0.247. The van der Waals surface area contributed by atoms with E-state index in [1.165, 1.54) is 20.9 Å². The standard InChI is InChI=1S/C16H19Br2NS/c1-4-11-6-7-15(20-11)16(19-5-2)12-9-13(17)10(3)8-14(12)18/h6-9,16,19H,4-5H2,1-3H3. The third-order valence-corrected chi connectivity index (χ3v) is 6.15. The molecule has 0 amide bonds. The lowest BCUT2D eigenvalue weighted by molar-refractivity contribution is 0.637. The van der Waals surface area contributed by atoms with E-state index in [0.717, 1.165) is 21.9 Å². The lowest BCUT2D eigenvalue weighted by atomic mass is 10.0. The number of halogens is 2. The average molecular weight is 417 g/mol. The van der Waals surface area contributed by atoms with Gasteiger partial charge in [-0.3, -0.25) is 0 Å². The van der Waals surface area contributed by atoms with Gasteiger partial charge in [-0.25, -0.2) is 0 Å². The molecule has 0 bridgehead atoms. The molecule has 0 radical (unpaired) electrons. The van der Waals surface area contributed by atoms with E-state index in [-0.39, 0.29) is 6.04 Å². The SMILES string of the molecule is CCNC(c1ccc(CC)s1)c1cc(Br)c(C)cc1Br. The van der Waals surface area contributed by atoms with Crippen molar-refractivity contribution in [1.82, 2.24) is 5.32 Å². The molecule has 4 heteroatoms. The van der Waals surface area contributed by atoms with Crippen LogP contribution in [0.25, 0.3) is 0 Å². The van der Waals surface area contributed by atoms with E-state index < -0.39 is 0 Å². The second kappa shape index (κ2) is 7.21. The smallest absolute Gasteiger partial charge is 0.0682 e. The molecular formula is C16H19Br2NS. The fraction of sp³-hybridized carbons (Fsp3) is 0.375. The van der Waals surface area contributed by atoms with Gasteiger partial charge in [0.15, 0.2) is 0 Å². The summed E-state index contributed by atoms with van der Waals surface area (Å²) in [5, 5.41) is 3.60. The lowest BCUT2D eigenvalue weighted by Gasteiger charge is -2.19. The van der Waals surface area contributed by atoms with Crippen molar-refractivity contribution in [1.29, 1.82) is 0 Å². The third kappa shape index (κ3) is 3.53. The van der Waals surface area contributed by atoms with Crippen molar-refractivity contribution in [2.75, 3.05) is 6.54 Å². The molecule has 20 heavy (non-hydrogen) atoms. The molecule has 1 unspecified atom stereocenters. The minimum Gasteiger partial charge on any atom is -0.306 e. The third-order valence-electron chi connectivity index (χ3n) is 3.31. The van der Waals surface area contributed by atoms with Crippen LogP contribution in [0.15, 0.2) is 33.2 Å². The first-order valence-electron chi connectivity index (χ1n) is 6.84. The Hall–Kier alpha value is -0.160. The lowest BCUT2D eigenvalue weighted by Crippen LogP contribution is -2.21. The molecule has 108 valence electrons. The van der Waals surface area contributed by atoms with Crippen molar-refractivity contribution >= 4 is 43.2 Å². The van der Waals surface area contributed by atoms with Crippen LogP contribution in [-0.2, 0) is 6.42 Å². The second-order valence-electron chi connectivity index (χ2n) is 4.77. The van der Waals surface area contributed by atoms with Crippen LogP contribution < -0.4 is 5.32 Å². The van der Waals surface area contributed by atoms with Crippen LogP contribution in [0.4, 0.5) is 0 Å². The molecule has 0 fully saturated rings. The predicted molar refractivity (Wildman–Crippen MR) is 95.8 cm³/mol. The molecule has 0 aliphatic carbocycles. The fourth-order valence-corrected chi connectivity index (χ4v) is 4.29. The summed E-state index contributed by atoms with van der Waals surface area (Å²) in [6.07, 6.45) is 1.10. The molecule has 0 spiro atoms. The van der Waals surface area contributed by atoms with Gasteiger partial charge in [-0.05, 0) is 55.3 Å². The van der Waals surface area contributed by atoms with E-state index in [4.69, 9.17) is 0 Å². The predicted octanol–water partition coefficient (Wildman–Crippen LogP) is 5.84. The molecule has 1 heterocycles. The zero-order valence-electron chi connectivity index (χ0n) is 12.0. The number of hydrogen-bond acceptors (Lipinski definition) is 2. The molecule has 0 saturated heterocycles. The van der Waals surface area contributed by atoms with Crippen LogP contribution in [0.1, 0.15) is 40.8 Å². The van der Waals surface area contributed by atoms with Gasteiger partial charge < -0.3 is 5.32 Å². The minimum absolute atomic E-state index is 0.247. The van der Waals surface area contributed by atoms with Crippen molar-refractivity contribution in [3.8, 4) is 0 Å². The molecule has 0 aliphatic rings. The molecule has 0 saturated carbocycles. The largest absolute Gasteiger partial charge is 0.306 e. The van der Waals surface area contributed by atoms with Crippen LogP contribution in [0.5, 0.6) is 0 Å². The highest BCUT2D eigenvalue weighted by Crippen LogP contribution is 2.35. The number of benzene rings is 1. The molecule has 1 atom stereocenters. The summed E-state index contributed by atoms with van der Waals surface area (Å²) in [7, 11) is 0. The number of nitrogens with one attached hydrogen (secondary N) is 1. The first kappa shape index (κ1) is 16.2. The molecule has 0 aliphatic heterocycles. The van der Waals surface area contributed by atoms with Gasteiger partial charge in [0.25, 0.3) is 0 Å². The summed E-state index contributed by atoms with van der Waals surface area (Å²) in [5.41, 5.74) is 2.53. The van der Waals surface area contributed by atoms with Gasteiger partial charge in [0, 0.05) is 18.7 Å². The maximum atomic E-state index is 3.72. The van der Waals surface area contributed by atoms with Gasteiger partial charge in [0.2, 0.25) is 0 Å². The van der Waals surface area contributed by atoms with Crippen LogP contribution >= 0.6 is 43.2 Å². The Balaban J connectivity index is 2.45. The molecule has 2 rings (SSSR count). The molecule has 1 nitrogen and oxygen atoms in total.